The molecule has 0 spiro atoms. The fraction of sp³-hybridized carbons (Fsp3) is 0.500. The van der Waals surface area contributed by atoms with Gasteiger partial charge in [0.25, 0.3) is 11.5 Å². The maximum Gasteiger partial charge on any atom is 0.274 e. The summed E-state index contributed by atoms with van der Waals surface area (Å²) >= 11 is 0. The second-order valence-corrected chi connectivity index (χ2v) is 6.50. The van der Waals surface area contributed by atoms with Crippen LogP contribution in [0.5, 0.6) is 0 Å². The summed E-state index contributed by atoms with van der Waals surface area (Å²) in [5.41, 5.74) is 0.0845. The predicted molar refractivity (Wildman–Crippen MR) is 96.3 cm³/mol. The van der Waals surface area contributed by atoms with Gasteiger partial charge in [-0.3, -0.25) is 14.5 Å². The van der Waals surface area contributed by atoms with E-state index >= 15 is 0 Å². The van der Waals surface area contributed by atoms with E-state index < -0.39 is 0 Å². The average Bonchev–Trinajstić information content (AvgIpc) is 2.54. The Morgan fingerprint density at radius 1 is 1.17 bits per heavy atom. The van der Waals surface area contributed by atoms with E-state index in [1.165, 1.54) is 4.68 Å². The average molecular weight is 330 g/mol. The summed E-state index contributed by atoms with van der Waals surface area (Å²) in [4.78, 5) is 27.0. The summed E-state index contributed by atoms with van der Waals surface area (Å²) in [6.07, 6.45) is 0. The summed E-state index contributed by atoms with van der Waals surface area (Å²) in [5, 5.41) is 8.16. The molecule has 1 heterocycles. The number of amides is 1. The molecule has 0 aliphatic rings. The van der Waals surface area contributed by atoms with Crippen LogP contribution in [-0.4, -0.2) is 45.8 Å². The van der Waals surface area contributed by atoms with Crippen molar-refractivity contribution in [2.75, 3.05) is 13.1 Å². The Morgan fingerprint density at radius 2 is 1.75 bits per heavy atom. The van der Waals surface area contributed by atoms with Crippen LogP contribution in [0.2, 0.25) is 0 Å². The Kier molecular flexibility index (Phi) is 5.72. The van der Waals surface area contributed by atoms with Crippen LogP contribution >= 0.6 is 0 Å². The number of nitrogens with zero attached hydrogens (tertiary/aromatic N) is 3. The smallest absolute Gasteiger partial charge is 0.274 e. The molecule has 0 radical (unpaired) electrons. The van der Waals surface area contributed by atoms with Gasteiger partial charge >= 0.3 is 0 Å². The van der Waals surface area contributed by atoms with Gasteiger partial charge in [0.05, 0.1) is 5.39 Å². The van der Waals surface area contributed by atoms with Gasteiger partial charge in [0.1, 0.15) is 0 Å². The first-order valence-electron chi connectivity index (χ1n) is 8.33. The molecule has 0 saturated heterocycles. The standard InChI is InChI=1S/C18H26N4O2/c1-12(2)22(13(3)4)11-10-19-17(23)16-14-8-6-7-9-15(14)18(24)21(5)20-16/h6-9,12-13H,10-11H2,1-5H3,(H,19,23). The first-order valence-corrected chi connectivity index (χ1v) is 8.33. The lowest BCUT2D eigenvalue weighted by Gasteiger charge is -2.30. The number of aromatic nitrogens is 2. The molecule has 0 aliphatic heterocycles. The number of benzene rings is 1. The molecule has 1 amide bonds. The van der Waals surface area contributed by atoms with Gasteiger partial charge in [-0.05, 0) is 33.8 Å². The molecule has 6 nitrogen and oxygen atoms in total. The third-order valence-electron chi connectivity index (χ3n) is 4.15. The van der Waals surface area contributed by atoms with Crippen LogP contribution in [0.3, 0.4) is 0 Å². The predicted octanol–water partition coefficient (Wildman–Crippen LogP) is 1.78. The van der Waals surface area contributed by atoms with Gasteiger partial charge in [0, 0.05) is 37.6 Å². The molecule has 0 aliphatic carbocycles. The Morgan fingerprint density at radius 3 is 2.33 bits per heavy atom. The quantitative estimate of drug-likeness (QED) is 0.877. The maximum atomic E-state index is 12.5. The molecule has 130 valence electrons. The molecule has 0 atom stereocenters. The minimum atomic E-state index is -0.255. The second-order valence-electron chi connectivity index (χ2n) is 6.50. The molecule has 2 aromatic rings. The molecular formula is C18H26N4O2. The zero-order valence-electron chi connectivity index (χ0n) is 15.0. The lowest BCUT2D eigenvalue weighted by molar-refractivity contribution is 0.0934. The van der Waals surface area contributed by atoms with Crippen molar-refractivity contribution >= 4 is 16.7 Å². The second kappa shape index (κ2) is 7.57. The zero-order chi connectivity index (χ0) is 17.9. The third kappa shape index (κ3) is 3.82. The van der Waals surface area contributed by atoms with Crippen molar-refractivity contribution in [2.45, 2.75) is 39.8 Å². The van der Waals surface area contributed by atoms with Gasteiger partial charge in [-0.1, -0.05) is 18.2 Å². The lowest BCUT2D eigenvalue weighted by atomic mass is 10.1. The molecule has 0 bridgehead atoms. The lowest BCUT2D eigenvalue weighted by Crippen LogP contribution is -2.42. The van der Waals surface area contributed by atoms with E-state index in [2.05, 4.69) is 43.0 Å². The Labute approximate surface area is 142 Å². The van der Waals surface area contributed by atoms with Crippen molar-refractivity contribution in [3.05, 3.63) is 40.3 Å². The molecule has 2 rings (SSSR count). The van der Waals surface area contributed by atoms with E-state index in [0.717, 1.165) is 6.54 Å². The van der Waals surface area contributed by atoms with Crippen LogP contribution in [-0.2, 0) is 7.05 Å². The fourth-order valence-corrected chi connectivity index (χ4v) is 2.96. The normalized spacial score (nSPS) is 11.7. The first-order chi connectivity index (χ1) is 11.3. The molecule has 0 saturated carbocycles. The number of fused-ring (bicyclic) bond motifs is 1. The molecule has 1 aromatic carbocycles. The van der Waals surface area contributed by atoms with Crippen molar-refractivity contribution in [1.82, 2.24) is 20.0 Å². The van der Waals surface area contributed by atoms with E-state index in [1.807, 2.05) is 0 Å². The number of carbonyl (C=O) groups is 1. The van der Waals surface area contributed by atoms with Crippen molar-refractivity contribution in [2.24, 2.45) is 7.05 Å². The Bertz CT molecular complexity index is 772. The molecule has 24 heavy (non-hydrogen) atoms. The molecule has 0 unspecified atom stereocenters. The van der Waals surface area contributed by atoms with Crippen molar-refractivity contribution in [3.63, 3.8) is 0 Å². The minimum Gasteiger partial charge on any atom is -0.349 e. The highest BCUT2D eigenvalue weighted by atomic mass is 16.2. The Balaban J connectivity index is 2.18. The summed E-state index contributed by atoms with van der Waals surface area (Å²) in [6.45, 7) is 9.88. The van der Waals surface area contributed by atoms with Crippen molar-refractivity contribution < 1.29 is 4.79 Å². The van der Waals surface area contributed by atoms with Crippen LogP contribution in [0.15, 0.2) is 29.1 Å². The minimum absolute atomic E-state index is 0.201. The van der Waals surface area contributed by atoms with Gasteiger partial charge < -0.3 is 5.32 Å². The van der Waals surface area contributed by atoms with Gasteiger partial charge in [-0.2, -0.15) is 5.10 Å². The third-order valence-corrected chi connectivity index (χ3v) is 4.15. The molecule has 1 N–H and O–H groups in total. The highest BCUT2D eigenvalue weighted by molar-refractivity contribution is 6.04. The SMILES string of the molecule is CC(C)N(CCNC(=O)c1nn(C)c(=O)c2ccccc12)C(C)C. The number of nitrogens with one attached hydrogen (secondary N) is 1. The van der Waals surface area contributed by atoms with Gasteiger partial charge in [0.15, 0.2) is 5.69 Å². The van der Waals surface area contributed by atoms with Crippen molar-refractivity contribution in [3.8, 4) is 0 Å². The number of hydrogen-bond donors (Lipinski definition) is 1. The fourth-order valence-electron chi connectivity index (χ4n) is 2.96. The van der Waals surface area contributed by atoms with E-state index in [9.17, 15) is 9.59 Å². The molecule has 1 aromatic heterocycles. The van der Waals surface area contributed by atoms with E-state index in [4.69, 9.17) is 0 Å². The maximum absolute atomic E-state index is 12.5. The molecular weight excluding hydrogens is 304 g/mol. The monoisotopic (exact) mass is 330 g/mol. The number of hydrogen-bond acceptors (Lipinski definition) is 4. The van der Waals surface area contributed by atoms with Gasteiger partial charge in [-0.15, -0.1) is 0 Å². The largest absolute Gasteiger partial charge is 0.349 e. The first kappa shape index (κ1) is 18.1. The van der Waals surface area contributed by atoms with Crippen LogP contribution in [0, 0.1) is 0 Å². The van der Waals surface area contributed by atoms with E-state index in [-0.39, 0.29) is 17.2 Å². The highest BCUT2D eigenvalue weighted by Gasteiger charge is 2.17. The van der Waals surface area contributed by atoms with E-state index in [0.29, 0.717) is 29.4 Å². The number of aryl methyl sites for hydroxylation is 1. The summed E-state index contributed by atoms with van der Waals surface area (Å²) in [6, 6.07) is 7.90. The van der Waals surface area contributed by atoms with Gasteiger partial charge in [0.2, 0.25) is 0 Å². The number of carbonyl (C=O) groups excluding carboxylic acids is 1. The number of rotatable bonds is 6. The molecule has 6 heteroatoms. The van der Waals surface area contributed by atoms with Gasteiger partial charge in [-0.25, -0.2) is 4.68 Å². The summed E-state index contributed by atoms with van der Waals surface area (Å²) < 4.78 is 1.21. The van der Waals surface area contributed by atoms with Crippen LogP contribution < -0.4 is 10.9 Å². The topological polar surface area (TPSA) is 67.2 Å². The van der Waals surface area contributed by atoms with Crippen LogP contribution in [0.25, 0.3) is 10.8 Å². The molecule has 0 fully saturated rings. The zero-order valence-corrected chi connectivity index (χ0v) is 15.0. The van der Waals surface area contributed by atoms with Crippen LogP contribution in [0.4, 0.5) is 0 Å². The highest BCUT2D eigenvalue weighted by Crippen LogP contribution is 2.12. The summed E-state index contributed by atoms with van der Waals surface area (Å²) in [5.74, 6) is -0.255. The van der Waals surface area contributed by atoms with Crippen LogP contribution in [0.1, 0.15) is 38.2 Å². The summed E-state index contributed by atoms with van der Waals surface area (Å²) in [7, 11) is 1.56. The van der Waals surface area contributed by atoms with Crippen molar-refractivity contribution in [1.29, 1.82) is 0 Å². The Hall–Kier alpha value is -2.21. The van der Waals surface area contributed by atoms with E-state index in [1.54, 1.807) is 31.3 Å².